The average Bonchev–Trinajstić information content (AvgIpc) is 3.10. The normalized spacial score (nSPS) is 14.9. The molecule has 4 rings (SSSR count). The molecule has 3 heterocycles. The first-order valence-corrected chi connectivity index (χ1v) is 10.1. The minimum atomic E-state index is -0.149. The van der Waals surface area contributed by atoms with Crippen molar-refractivity contribution in [1.29, 1.82) is 0 Å². The molecule has 0 atom stereocenters. The second kappa shape index (κ2) is 8.25. The van der Waals surface area contributed by atoms with E-state index in [0.717, 1.165) is 16.5 Å². The summed E-state index contributed by atoms with van der Waals surface area (Å²) in [5.41, 5.74) is 2.30. The molecule has 0 unspecified atom stereocenters. The number of aromatic nitrogens is 1. The number of carbonyl (C=O) groups excluding carboxylic acids is 2. The molecule has 0 bridgehead atoms. The fraction of sp³-hybridized carbons (Fsp3) is 0.318. The Bertz CT molecular complexity index is 1040. The van der Waals surface area contributed by atoms with Crippen molar-refractivity contribution in [2.45, 2.75) is 26.3 Å². The van der Waals surface area contributed by atoms with Gasteiger partial charge in [-0.15, -0.1) is 0 Å². The van der Waals surface area contributed by atoms with E-state index in [2.05, 4.69) is 10.3 Å². The summed E-state index contributed by atoms with van der Waals surface area (Å²) >= 11 is 6.19. The van der Waals surface area contributed by atoms with Crippen molar-refractivity contribution in [2.75, 3.05) is 13.1 Å². The number of hydrogen-bond acceptors (Lipinski definition) is 4. The summed E-state index contributed by atoms with van der Waals surface area (Å²) in [4.78, 5) is 31.2. The highest BCUT2D eigenvalue weighted by molar-refractivity contribution is 6.35. The standard InChI is InChI=1S/C22H22ClN3O3/c1-14-17-5-2-6-18(23)20(17)29-19(14)22(28)26-10-7-16(8-11-26)21(27)25-13-15-4-3-9-24-12-15/h2-6,9,12,16H,7-8,10-11,13H2,1H3,(H,25,27). The third kappa shape index (κ3) is 3.98. The Kier molecular flexibility index (Phi) is 5.53. The van der Waals surface area contributed by atoms with Crippen LogP contribution in [0, 0.1) is 12.8 Å². The van der Waals surface area contributed by atoms with E-state index >= 15 is 0 Å². The largest absolute Gasteiger partial charge is 0.449 e. The number of rotatable bonds is 4. The molecular weight excluding hydrogens is 390 g/mol. The van der Waals surface area contributed by atoms with Crippen molar-refractivity contribution < 1.29 is 14.0 Å². The summed E-state index contributed by atoms with van der Waals surface area (Å²) < 4.78 is 5.80. The number of para-hydroxylation sites is 1. The molecule has 2 amide bonds. The van der Waals surface area contributed by atoms with Crippen LogP contribution in [0.15, 0.2) is 47.1 Å². The van der Waals surface area contributed by atoms with Crippen molar-refractivity contribution in [1.82, 2.24) is 15.2 Å². The smallest absolute Gasteiger partial charge is 0.289 e. The van der Waals surface area contributed by atoms with Crippen LogP contribution in [0.4, 0.5) is 0 Å². The molecule has 1 aliphatic heterocycles. The van der Waals surface area contributed by atoms with Crippen molar-refractivity contribution in [3.8, 4) is 0 Å². The second-order valence-corrected chi connectivity index (χ2v) is 7.73. The minimum absolute atomic E-state index is 0.0210. The van der Waals surface area contributed by atoms with Gasteiger partial charge in [-0.3, -0.25) is 14.6 Å². The minimum Gasteiger partial charge on any atom is -0.449 e. The number of aryl methyl sites for hydroxylation is 1. The lowest BCUT2D eigenvalue weighted by Crippen LogP contribution is -2.43. The third-order valence-corrected chi connectivity index (χ3v) is 5.75. The highest BCUT2D eigenvalue weighted by atomic mass is 35.5. The van der Waals surface area contributed by atoms with Crippen LogP contribution in [0.25, 0.3) is 11.0 Å². The first-order valence-electron chi connectivity index (χ1n) is 9.68. The van der Waals surface area contributed by atoms with Gasteiger partial charge in [-0.25, -0.2) is 0 Å². The van der Waals surface area contributed by atoms with Gasteiger partial charge >= 0.3 is 0 Å². The lowest BCUT2D eigenvalue weighted by atomic mass is 9.95. The van der Waals surface area contributed by atoms with Gasteiger partial charge in [-0.1, -0.05) is 29.8 Å². The van der Waals surface area contributed by atoms with E-state index in [1.807, 2.05) is 31.2 Å². The van der Waals surface area contributed by atoms with E-state index in [1.54, 1.807) is 23.4 Å². The quantitative estimate of drug-likeness (QED) is 0.705. The summed E-state index contributed by atoms with van der Waals surface area (Å²) in [6.07, 6.45) is 4.70. The third-order valence-electron chi connectivity index (χ3n) is 5.45. The van der Waals surface area contributed by atoms with Gasteiger partial charge in [0.05, 0.1) is 5.02 Å². The fourth-order valence-corrected chi connectivity index (χ4v) is 3.95. The predicted octanol–water partition coefficient (Wildman–Crippen LogP) is 3.96. The molecule has 1 aliphatic rings. The number of pyridine rings is 1. The molecule has 1 N–H and O–H groups in total. The van der Waals surface area contributed by atoms with E-state index in [9.17, 15) is 9.59 Å². The number of likely N-dealkylation sites (tertiary alicyclic amines) is 1. The zero-order valence-corrected chi connectivity index (χ0v) is 16.9. The molecular formula is C22H22ClN3O3. The number of amides is 2. The van der Waals surface area contributed by atoms with Crippen LogP contribution in [0.2, 0.25) is 5.02 Å². The van der Waals surface area contributed by atoms with Gasteiger partial charge in [-0.2, -0.15) is 0 Å². The van der Waals surface area contributed by atoms with Gasteiger partial charge < -0.3 is 14.6 Å². The van der Waals surface area contributed by atoms with Gasteiger partial charge in [-0.05, 0) is 37.5 Å². The molecule has 29 heavy (non-hydrogen) atoms. The highest BCUT2D eigenvalue weighted by Gasteiger charge is 2.30. The lowest BCUT2D eigenvalue weighted by molar-refractivity contribution is -0.126. The Balaban J connectivity index is 1.37. The molecule has 1 aromatic carbocycles. The summed E-state index contributed by atoms with van der Waals surface area (Å²) in [6, 6.07) is 9.26. The van der Waals surface area contributed by atoms with Crippen molar-refractivity contribution >= 4 is 34.4 Å². The second-order valence-electron chi connectivity index (χ2n) is 7.32. The number of fused-ring (bicyclic) bond motifs is 1. The summed E-state index contributed by atoms with van der Waals surface area (Å²) in [5.74, 6) is 0.103. The molecule has 1 fully saturated rings. The number of nitrogens with one attached hydrogen (secondary N) is 1. The van der Waals surface area contributed by atoms with Gasteiger partial charge in [0, 0.05) is 48.9 Å². The van der Waals surface area contributed by atoms with Gasteiger partial charge in [0.15, 0.2) is 11.3 Å². The van der Waals surface area contributed by atoms with E-state index < -0.39 is 0 Å². The Morgan fingerprint density at radius 3 is 2.72 bits per heavy atom. The van der Waals surface area contributed by atoms with Gasteiger partial charge in [0.25, 0.3) is 5.91 Å². The van der Waals surface area contributed by atoms with Crippen LogP contribution in [0.3, 0.4) is 0 Å². The maximum absolute atomic E-state index is 13.0. The van der Waals surface area contributed by atoms with Gasteiger partial charge in [0.1, 0.15) is 0 Å². The van der Waals surface area contributed by atoms with Crippen LogP contribution >= 0.6 is 11.6 Å². The SMILES string of the molecule is Cc1c(C(=O)N2CCC(C(=O)NCc3cccnc3)CC2)oc2c(Cl)cccc12. The molecule has 0 aliphatic carbocycles. The number of furan rings is 1. The Hall–Kier alpha value is -2.86. The molecule has 6 nitrogen and oxygen atoms in total. The number of halogens is 1. The number of benzene rings is 1. The first-order chi connectivity index (χ1) is 14.0. The molecule has 7 heteroatoms. The predicted molar refractivity (Wildman–Crippen MR) is 111 cm³/mol. The van der Waals surface area contributed by atoms with Crippen molar-refractivity contribution in [3.63, 3.8) is 0 Å². The number of hydrogen-bond donors (Lipinski definition) is 1. The first kappa shape index (κ1) is 19.5. The summed E-state index contributed by atoms with van der Waals surface area (Å²) in [5, 5.41) is 4.31. The zero-order chi connectivity index (χ0) is 20.4. The summed E-state index contributed by atoms with van der Waals surface area (Å²) in [7, 11) is 0. The Morgan fingerprint density at radius 2 is 2.03 bits per heavy atom. The number of nitrogens with zero attached hydrogens (tertiary/aromatic N) is 2. The molecule has 0 spiro atoms. The fourth-order valence-electron chi connectivity index (χ4n) is 3.74. The van der Waals surface area contributed by atoms with E-state index in [4.69, 9.17) is 16.0 Å². The summed E-state index contributed by atoms with van der Waals surface area (Å²) in [6.45, 7) is 3.38. The molecule has 150 valence electrons. The van der Waals surface area contributed by atoms with Crippen LogP contribution in [-0.4, -0.2) is 34.8 Å². The van der Waals surface area contributed by atoms with E-state index in [1.165, 1.54) is 0 Å². The Morgan fingerprint density at radius 1 is 1.24 bits per heavy atom. The monoisotopic (exact) mass is 411 g/mol. The van der Waals surface area contributed by atoms with Crippen LogP contribution in [0.5, 0.6) is 0 Å². The van der Waals surface area contributed by atoms with Crippen LogP contribution in [-0.2, 0) is 11.3 Å². The number of piperidine rings is 1. The molecule has 3 aromatic rings. The molecule has 0 radical (unpaired) electrons. The van der Waals surface area contributed by atoms with Crippen molar-refractivity contribution in [3.05, 3.63) is 64.6 Å². The zero-order valence-electron chi connectivity index (χ0n) is 16.2. The maximum atomic E-state index is 13.0. The molecule has 0 saturated carbocycles. The van der Waals surface area contributed by atoms with Gasteiger partial charge in [0.2, 0.25) is 5.91 Å². The van der Waals surface area contributed by atoms with Crippen LogP contribution in [0.1, 0.15) is 34.5 Å². The average molecular weight is 412 g/mol. The lowest BCUT2D eigenvalue weighted by Gasteiger charge is -2.31. The molecule has 2 aromatic heterocycles. The van der Waals surface area contributed by atoms with Crippen LogP contribution < -0.4 is 5.32 Å². The molecule has 1 saturated heterocycles. The maximum Gasteiger partial charge on any atom is 0.289 e. The van der Waals surface area contributed by atoms with E-state index in [0.29, 0.717) is 48.8 Å². The highest BCUT2D eigenvalue weighted by Crippen LogP contribution is 2.32. The van der Waals surface area contributed by atoms with Crippen molar-refractivity contribution in [2.24, 2.45) is 5.92 Å². The number of carbonyl (C=O) groups is 2. The van der Waals surface area contributed by atoms with E-state index in [-0.39, 0.29) is 17.7 Å². The topological polar surface area (TPSA) is 75.4 Å². The Labute approximate surface area is 173 Å².